The van der Waals surface area contributed by atoms with Gasteiger partial charge in [0.2, 0.25) is 17.7 Å². The van der Waals surface area contributed by atoms with E-state index in [1.165, 1.54) is 26.2 Å². The van der Waals surface area contributed by atoms with Crippen LogP contribution in [0.3, 0.4) is 0 Å². The van der Waals surface area contributed by atoms with Gasteiger partial charge in [-0.3, -0.25) is 24.1 Å². The number of fused-ring (bicyclic) bond motifs is 2. The summed E-state index contributed by atoms with van der Waals surface area (Å²) in [5.41, 5.74) is 0. The van der Waals surface area contributed by atoms with E-state index in [9.17, 15) is 29.1 Å². The number of piperidine rings is 1. The van der Waals surface area contributed by atoms with E-state index in [0.717, 1.165) is 19.3 Å². The molecule has 0 aromatic rings. The lowest BCUT2D eigenvalue weighted by Gasteiger charge is -2.41. The highest BCUT2D eigenvalue weighted by Gasteiger charge is 2.52. The smallest absolute Gasteiger partial charge is 0.408 e. The second-order valence-electron chi connectivity index (χ2n) is 13.7. The van der Waals surface area contributed by atoms with Crippen molar-refractivity contribution in [3.05, 3.63) is 0 Å². The van der Waals surface area contributed by atoms with Crippen LogP contribution in [-0.2, 0) is 33.4 Å². The van der Waals surface area contributed by atoms with Crippen LogP contribution in [0.2, 0.25) is 0 Å². The van der Waals surface area contributed by atoms with Crippen molar-refractivity contribution >= 4 is 29.8 Å². The molecule has 10 atom stereocenters. The average molecular weight is 653 g/mol. The zero-order valence-corrected chi connectivity index (χ0v) is 29.1. The number of likely N-dealkylation sites (tertiary alicyclic amines) is 2. The Morgan fingerprint density at radius 2 is 1.67 bits per heavy atom. The van der Waals surface area contributed by atoms with E-state index >= 15 is 0 Å². The van der Waals surface area contributed by atoms with Gasteiger partial charge in [0.25, 0.3) is 0 Å². The van der Waals surface area contributed by atoms with Gasteiger partial charge in [-0.1, -0.05) is 34.1 Å². The first-order valence-corrected chi connectivity index (χ1v) is 16.7. The molecule has 262 valence electrons. The third-order valence-corrected chi connectivity index (χ3v) is 10.7. The number of esters is 1. The summed E-state index contributed by atoms with van der Waals surface area (Å²) in [5, 5.41) is 12.7. The summed E-state index contributed by atoms with van der Waals surface area (Å²) < 4.78 is 16.6. The number of carbonyl (C=O) groups is 5. The molecular weight excluding hydrogens is 596 g/mol. The van der Waals surface area contributed by atoms with Gasteiger partial charge in [-0.05, 0) is 56.8 Å². The molecule has 4 amide bonds. The third-order valence-electron chi connectivity index (χ3n) is 10.7. The van der Waals surface area contributed by atoms with Crippen molar-refractivity contribution in [3.8, 4) is 0 Å². The molecule has 3 aliphatic rings. The van der Waals surface area contributed by atoms with Gasteiger partial charge in [0.15, 0.2) is 0 Å². The van der Waals surface area contributed by atoms with Gasteiger partial charge >= 0.3 is 12.1 Å². The van der Waals surface area contributed by atoms with Gasteiger partial charge in [0.05, 0.1) is 43.7 Å². The predicted molar refractivity (Wildman–Crippen MR) is 170 cm³/mol. The van der Waals surface area contributed by atoms with Crippen molar-refractivity contribution in [2.24, 2.45) is 23.7 Å². The number of nitrogens with one attached hydrogen (secondary N) is 1. The van der Waals surface area contributed by atoms with Crippen molar-refractivity contribution in [2.45, 2.75) is 122 Å². The van der Waals surface area contributed by atoms with Crippen LogP contribution >= 0.6 is 0 Å². The topological polar surface area (TPSA) is 155 Å². The van der Waals surface area contributed by atoms with Gasteiger partial charge in [-0.15, -0.1) is 0 Å². The number of carbonyl (C=O) groups excluding carboxylic acids is 4. The van der Waals surface area contributed by atoms with Crippen LogP contribution in [0.4, 0.5) is 4.79 Å². The number of rotatable bonds is 15. The van der Waals surface area contributed by atoms with E-state index in [1.54, 1.807) is 23.8 Å². The second-order valence-corrected chi connectivity index (χ2v) is 13.7. The highest BCUT2D eigenvalue weighted by molar-refractivity contribution is 5.92. The SMILES string of the molecule is CC[C@H](C)[C@@H]([C@@H](CC(=O)N1CCCC1[C@H](OC)[C@@H](C)C(=O)OC)OC)N(C)C(=O)C(NC(=O)[C@@H]1[C@H]2CC[C@H](C2)N1C(=O)O)C(C)C. The maximum atomic E-state index is 14.2. The van der Waals surface area contributed by atoms with Gasteiger partial charge in [-0.25, -0.2) is 4.79 Å². The minimum atomic E-state index is -1.11. The zero-order chi connectivity index (χ0) is 34.5. The summed E-state index contributed by atoms with van der Waals surface area (Å²) in [6.07, 6.45) is 2.09. The Hall–Kier alpha value is -2.93. The van der Waals surface area contributed by atoms with E-state index < -0.39 is 54.2 Å². The monoisotopic (exact) mass is 652 g/mol. The molecule has 2 bridgehead atoms. The Labute approximate surface area is 273 Å². The fourth-order valence-electron chi connectivity index (χ4n) is 8.05. The fraction of sp³-hybridized carbons (Fsp3) is 0.848. The standard InChI is InChI=1S/C33H56N4O9/c1-10-19(4)27(24(44-7)17-25(38)36-15-11-12-23(36)29(45-8)20(5)32(41)46-9)35(6)31(40)26(18(2)3)34-30(39)28-21-13-14-22(16-21)37(28)33(42)43/h18-24,26-29H,10-17H2,1-9H3,(H,34,39)(H,42,43)/t19-,20+,21-,22+,23?,24+,26?,27-,28-,29+/m0/s1. The molecule has 2 N–H and O–H groups in total. The normalized spacial score (nSPS) is 26.3. The molecule has 0 aromatic carbocycles. The molecule has 0 radical (unpaired) electrons. The maximum absolute atomic E-state index is 14.2. The number of hydrogen-bond acceptors (Lipinski definition) is 8. The summed E-state index contributed by atoms with van der Waals surface area (Å²) in [5.74, 6) is -2.26. The molecular formula is C33H56N4O9. The van der Waals surface area contributed by atoms with E-state index in [1.807, 2.05) is 27.7 Å². The number of carboxylic acid groups (broad SMARTS) is 1. The molecule has 3 fully saturated rings. The molecule has 1 saturated carbocycles. The first-order valence-electron chi connectivity index (χ1n) is 16.7. The maximum Gasteiger partial charge on any atom is 0.408 e. The lowest BCUT2D eigenvalue weighted by atomic mass is 9.89. The highest BCUT2D eigenvalue weighted by atomic mass is 16.5. The summed E-state index contributed by atoms with van der Waals surface area (Å²) in [6.45, 7) is 9.96. The zero-order valence-electron chi connectivity index (χ0n) is 29.1. The molecule has 2 heterocycles. The molecule has 13 nitrogen and oxygen atoms in total. The van der Waals surface area contributed by atoms with Gasteiger partial charge in [0.1, 0.15) is 12.1 Å². The molecule has 46 heavy (non-hydrogen) atoms. The van der Waals surface area contributed by atoms with Crippen molar-refractivity contribution in [1.29, 1.82) is 0 Å². The predicted octanol–water partition coefficient (Wildman–Crippen LogP) is 2.75. The van der Waals surface area contributed by atoms with E-state index in [-0.39, 0.29) is 48.1 Å². The van der Waals surface area contributed by atoms with Gasteiger partial charge < -0.3 is 34.4 Å². The molecule has 1 aliphatic carbocycles. The van der Waals surface area contributed by atoms with Crippen LogP contribution in [0, 0.1) is 23.7 Å². The van der Waals surface area contributed by atoms with Crippen molar-refractivity contribution < 1.29 is 43.3 Å². The molecule has 2 aliphatic heterocycles. The van der Waals surface area contributed by atoms with Crippen molar-refractivity contribution in [1.82, 2.24) is 20.0 Å². The molecule has 2 unspecified atom stereocenters. The Bertz CT molecular complexity index is 1100. The largest absolute Gasteiger partial charge is 0.469 e. The molecule has 3 rings (SSSR count). The molecule has 0 spiro atoms. The highest BCUT2D eigenvalue weighted by Crippen LogP contribution is 2.42. The quantitative estimate of drug-likeness (QED) is 0.254. The summed E-state index contributed by atoms with van der Waals surface area (Å²) in [7, 11) is 6.07. The van der Waals surface area contributed by atoms with Crippen LogP contribution in [0.25, 0.3) is 0 Å². The van der Waals surface area contributed by atoms with Crippen LogP contribution < -0.4 is 5.32 Å². The lowest BCUT2D eigenvalue weighted by molar-refractivity contribution is -0.154. The van der Waals surface area contributed by atoms with E-state index in [4.69, 9.17) is 14.2 Å². The summed E-state index contributed by atoms with van der Waals surface area (Å²) >= 11 is 0. The molecule has 2 saturated heterocycles. The summed E-state index contributed by atoms with van der Waals surface area (Å²) in [4.78, 5) is 70.5. The van der Waals surface area contributed by atoms with Crippen LogP contribution in [0.15, 0.2) is 0 Å². The summed E-state index contributed by atoms with van der Waals surface area (Å²) in [6, 6.07) is -2.66. The number of amides is 4. The number of ether oxygens (including phenoxy) is 3. The Morgan fingerprint density at radius 1 is 1.00 bits per heavy atom. The van der Waals surface area contributed by atoms with Gasteiger partial charge in [0, 0.05) is 33.9 Å². The lowest BCUT2D eigenvalue weighted by Crippen LogP contribution is -2.60. The number of methoxy groups -OCH3 is 3. The van der Waals surface area contributed by atoms with Gasteiger partial charge in [-0.2, -0.15) is 0 Å². The van der Waals surface area contributed by atoms with Crippen LogP contribution in [-0.4, -0.2) is 127 Å². The average Bonchev–Trinajstić information content (AvgIpc) is 3.79. The van der Waals surface area contributed by atoms with Crippen LogP contribution in [0.5, 0.6) is 0 Å². The first-order chi connectivity index (χ1) is 21.7. The molecule has 0 aromatic heterocycles. The molecule has 13 heteroatoms. The minimum Gasteiger partial charge on any atom is -0.469 e. The minimum absolute atomic E-state index is 0.0140. The van der Waals surface area contributed by atoms with E-state index in [2.05, 4.69) is 5.32 Å². The Kier molecular flexibility index (Phi) is 13.3. The second kappa shape index (κ2) is 16.3. The van der Waals surface area contributed by atoms with E-state index in [0.29, 0.717) is 25.8 Å². The fourth-order valence-corrected chi connectivity index (χ4v) is 8.05. The third kappa shape index (κ3) is 7.78. The first kappa shape index (κ1) is 37.5. The Balaban J connectivity index is 1.79. The van der Waals surface area contributed by atoms with Crippen molar-refractivity contribution in [3.63, 3.8) is 0 Å². The van der Waals surface area contributed by atoms with Crippen LogP contribution in [0.1, 0.15) is 79.6 Å². The Morgan fingerprint density at radius 3 is 2.22 bits per heavy atom. The number of likely N-dealkylation sites (N-methyl/N-ethyl adjacent to an activating group) is 1. The van der Waals surface area contributed by atoms with Crippen molar-refractivity contribution in [2.75, 3.05) is 34.9 Å². The number of hydrogen-bond donors (Lipinski definition) is 2. The number of nitrogens with zero attached hydrogens (tertiary/aromatic N) is 3.